The molecule has 0 aromatic heterocycles. The van der Waals surface area contributed by atoms with Gasteiger partial charge < -0.3 is 14.2 Å². The van der Waals surface area contributed by atoms with Gasteiger partial charge in [-0.2, -0.15) is 5.10 Å². The van der Waals surface area contributed by atoms with Crippen LogP contribution >= 0.6 is 15.9 Å². The number of carbonyl (C=O) groups excluding carboxylic acids is 1. The third kappa shape index (κ3) is 7.48. The van der Waals surface area contributed by atoms with Crippen LogP contribution in [0.15, 0.2) is 70.2 Å². The number of nitrogens with zero attached hydrogens (tertiary/aromatic N) is 2. The van der Waals surface area contributed by atoms with Crippen molar-refractivity contribution in [3.05, 3.63) is 81.8 Å². The molecule has 3 rings (SSSR count). The lowest BCUT2D eigenvalue weighted by Gasteiger charge is -2.27. The molecule has 0 unspecified atom stereocenters. The first-order valence-corrected chi connectivity index (χ1v) is 14.2. The van der Waals surface area contributed by atoms with Crippen LogP contribution in [-0.2, 0) is 21.4 Å². The van der Waals surface area contributed by atoms with Crippen molar-refractivity contribution < 1.29 is 27.4 Å². The molecular formula is C27H30BrN3O6S. The van der Waals surface area contributed by atoms with E-state index in [1.165, 1.54) is 32.9 Å². The van der Waals surface area contributed by atoms with Gasteiger partial charge in [0, 0.05) is 0 Å². The predicted molar refractivity (Wildman–Crippen MR) is 152 cm³/mol. The molecule has 0 aliphatic rings. The molecule has 1 amide bonds. The molecular weight excluding hydrogens is 574 g/mol. The predicted octanol–water partition coefficient (Wildman–Crippen LogP) is 4.66. The molecule has 0 aliphatic carbocycles. The molecule has 0 saturated heterocycles. The summed E-state index contributed by atoms with van der Waals surface area (Å²) in [5.41, 5.74) is 5.55. The summed E-state index contributed by atoms with van der Waals surface area (Å²) in [6.07, 6.45) is 2.47. The average molecular weight is 605 g/mol. The lowest BCUT2D eigenvalue weighted by Crippen LogP contribution is -2.46. The van der Waals surface area contributed by atoms with E-state index in [0.29, 0.717) is 39.6 Å². The van der Waals surface area contributed by atoms with Gasteiger partial charge in [-0.1, -0.05) is 29.8 Å². The molecule has 1 atom stereocenters. The smallest absolute Gasteiger partial charge is 0.263 e. The van der Waals surface area contributed by atoms with Gasteiger partial charge in [-0.25, -0.2) is 13.8 Å². The zero-order chi connectivity index (χ0) is 27.9. The van der Waals surface area contributed by atoms with Gasteiger partial charge in [0.05, 0.1) is 36.9 Å². The van der Waals surface area contributed by atoms with Crippen molar-refractivity contribution in [2.24, 2.45) is 5.10 Å². The minimum absolute atomic E-state index is 0.329. The van der Waals surface area contributed by atoms with Crippen molar-refractivity contribution in [2.45, 2.75) is 26.5 Å². The van der Waals surface area contributed by atoms with Crippen molar-refractivity contribution in [2.75, 3.05) is 24.8 Å². The van der Waals surface area contributed by atoms with Crippen molar-refractivity contribution in [1.82, 2.24) is 5.43 Å². The maximum atomic E-state index is 12.8. The Morgan fingerprint density at radius 3 is 2.32 bits per heavy atom. The van der Waals surface area contributed by atoms with E-state index in [4.69, 9.17) is 14.2 Å². The van der Waals surface area contributed by atoms with Crippen LogP contribution in [0.5, 0.6) is 17.2 Å². The zero-order valence-electron chi connectivity index (χ0n) is 21.8. The number of hydrogen-bond acceptors (Lipinski definition) is 7. The number of methoxy groups -OCH3 is 2. The number of amides is 1. The second-order valence-electron chi connectivity index (χ2n) is 8.48. The van der Waals surface area contributed by atoms with Gasteiger partial charge in [0.25, 0.3) is 5.91 Å². The molecule has 0 fully saturated rings. The van der Waals surface area contributed by atoms with Crippen LogP contribution in [-0.4, -0.2) is 47.1 Å². The highest BCUT2D eigenvalue weighted by molar-refractivity contribution is 9.10. The first-order chi connectivity index (χ1) is 18.0. The summed E-state index contributed by atoms with van der Waals surface area (Å²) >= 11 is 3.51. The Hall–Kier alpha value is -3.57. The maximum Gasteiger partial charge on any atom is 0.263 e. The number of hydrazone groups is 1. The highest BCUT2D eigenvalue weighted by Gasteiger charge is 2.29. The maximum absolute atomic E-state index is 12.8. The van der Waals surface area contributed by atoms with E-state index in [2.05, 4.69) is 26.5 Å². The van der Waals surface area contributed by atoms with Gasteiger partial charge in [-0.05, 0) is 77.3 Å². The fourth-order valence-electron chi connectivity index (χ4n) is 3.60. The third-order valence-corrected chi connectivity index (χ3v) is 7.39. The second kappa shape index (κ2) is 12.8. The van der Waals surface area contributed by atoms with Crippen molar-refractivity contribution in [3.63, 3.8) is 0 Å². The van der Waals surface area contributed by atoms with Crippen molar-refractivity contribution in [3.8, 4) is 17.2 Å². The van der Waals surface area contributed by atoms with Gasteiger partial charge >= 0.3 is 0 Å². The normalized spacial score (nSPS) is 12.2. The number of anilines is 1. The highest BCUT2D eigenvalue weighted by atomic mass is 79.9. The van der Waals surface area contributed by atoms with E-state index in [0.717, 1.165) is 16.1 Å². The number of carbonyl (C=O) groups is 1. The van der Waals surface area contributed by atoms with Gasteiger partial charge in [-0.15, -0.1) is 0 Å². The molecule has 0 bridgehead atoms. The molecule has 9 nitrogen and oxygen atoms in total. The summed E-state index contributed by atoms with van der Waals surface area (Å²) in [6.45, 7) is 3.87. The molecule has 11 heteroatoms. The largest absolute Gasteiger partial charge is 0.497 e. The number of benzene rings is 3. The van der Waals surface area contributed by atoms with E-state index in [1.54, 1.807) is 36.4 Å². The topological polar surface area (TPSA) is 107 Å². The Labute approximate surface area is 231 Å². The Morgan fingerprint density at radius 2 is 1.74 bits per heavy atom. The highest BCUT2D eigenvalue weighted by Crippen LogP contribution is 2.37. The lowest BCUT2D eigenvalue weighted by atomic mass is 10.2. The number of hydrogen-bond donors (Lipinski definition) is 1. The number of rotatable bonds is 11. The summed E-state index contributed by atoms with van der Waals surface area (Å²) in [6, 6.07) is 16.8. The van der Waals surface area contributed by atoms with E-state index in [9.17, 15) is 13.2 Å². The fourth-order valence-corrected chi connectivity index (χ4v) is 5.34. The van der Waals surface area contributed by atoms with E-state index >= 15 is 0 Å². The molecule has 3 aromatic carbocycles. The summed E-state index contributed by atoms with van der Waals surface area (Å²) < 4.78 is 43.2. The SMILES string of the molecule is COc1ccc(N([C@@H](C)C(=O)N/N=C\c2cc(Br)c(OCc3ccc(C)cc3)c(OC)c2)S(C)(=O)=O)cc1. The molecule has 3 aromatic rings. The minimum Gasteiger partial charge on any atom is -0.497 e. The third-order valence-electron chi connectivity index (χ3n) is 5.56. The van der Waals surface area contributed by atoms with Crippen molar-refractivity contribution in [1.29, 1.82) is 0 Å². The molecule has 0 radical (unpaired) electrons. The Morgan fingerprint density at radius 1 is 1.08 bits per heavy atom. The van der Waals surface area contributed by atoms with Gasteiger partial charge in [-0.3, -0.25) is 9.10 Å². The summed E-state index contributed by atoms with van der Waals surface area (Å²) in [7, 11) is -0.720. The van der Waals surface area contributed by atoms with Gasteiger partial charge in [0.1, 0.15) is 18.4 Å². The lowest BCUT2D eigenvalue weighted by molar-refractivity contribution is -0.121. The molecule has 0 heterocycles. The van der Waals surface area contributed by atoms with Crippen LogP contribution in [0.4, 0.5) is 5.69 Å². The van der Waals surface area contributed by atoms with Crippen LogP contribution in [0.2, 0.25) is 0 Å². The fraction of sp³-hybridized carbons (Fsp3) is 0.259. The molecule has 0 spiro atoms. The van der Waals surface area contributed by atoms with E-state index in [-0.39, 0.29) is 0 Å². The molecule has 202 valence electrons. The molecule has 1 N–H and O–H groups in total. The zero-order valence-corrected chi connectivity index (χ0v) is 24.2. The van der Waals surface area contributed by atoms with E-state index in [1.807, 2.05) is 31.2 Å². The number of halogens is 1. The quantitative estimate of drug-likeness (QED) is 0.252. The minimum atomic E-state index is -3.76. The van der Waals surface area contributed by atoms with Gasteiger partial charge in [0.15, 0.2) is 11.5 Å². The Balaban J connectivity index is 1.71. The summed E-state index contributed by atoms with van der Waals surface area (Å²) in [5.74, 6) is 0.977. The number of ether oxygens (including phenoxy) is 3. The van der Waals surface area contributed by atoms with Gasteiger partial charge in [0.2, 0.25) is 10.0 Å². The second-order valence-corrected chi connectivity index (χ2v) is 11.2. The van der Waals surface area contributed by atoms with Crippen molar-refractivity contribution >= 4 is 43.8 Å². The standard InChI is InChI=1S/C27H30BrN3O6S/c1-18-6-8-20(9-7-18)17-37-26-24(28)14-21(15-25(26)36-4)16-29-30-27(32)19(2)31(38(5,33)34)22-10-12-23(35-3)13-11-22/h6-16,19H,17H2,1-5H3,(H,30,32)/b29-16-/t19-/m0/s1. The van der Waals surface area contributed by atoms with Crippen LogP contribution < -0.4 is 23.9 Å². The van der Waals surface area contributed by atoms with E-state index < -0.39 is 22.0 Å². The monoisotopic (exact) mass is 603 g/mol. The number of aryl methyl sites for hydroxylation is 1. The van der Waals surface area contributed by atoms with Crippen LogP contribution in [0.3, 0.4) is 0 Å². The number of sulfonamides is 1. The first-order valence-electron chi connectivity index (χ1n) is 11.6. The average Bonchev–Trinajstić information content (AvgIpc) is 2.88. The Kier molecular flexibility index (Phi) is 9.76. The summed E-state index contributed by atoms with van der Waals surface area (Å²) in [4.78, 5) is 12.8. The Bertz CT molecular complexity index is 1390. The molecule has 0 aliphatic heterocycles. The first kappa shape index (κ1) is 29.0. The molecule has 0 saturated carbocycles. The van der Waals surface area contributed by atoms with Crippen LogP contribution in [0, 0.1) is 6.92 Å². The van der Waals surface area contributed by atoms with Crippen LogP contribution in [0.1, 0.15) is 23.6 Å². The molecule has 38 heavy (non-hydrogen) atoms. The summed E-state index contributed by atoms with van der Waals surface area (Å²) in [5, 5.41) is 4.01. The number of nitrogens with one attached hydrogen (secondary N) is 1. The van der Waals surface area contributed by atoms with Crippen LogP contribution in [0.25, 0.3) is 0 Å².